The number of aromatic nitrogens is 2. The molecule has 0 N–H and O–H groups in total. The molecule has 7 aromatic rings. The van der Waals surface area contributed by atoms with Crippen LogP contribution in [0.3, 0.4) is 0 Å². The zero-order valence-electron chi connectivity index (χ0n) is 26.9. The van der Waals surface area contributed by atoms with E-state index in [1.807, 2.05) is 60.9 Å². The van der Waals surface area contributed by atoms with Crippen molar-refractivity contribution in [2.75, 3.05) is 0 Å². The number of nitrogens with zero attached hydrogens (tertiary/aromatic N) is 2. The van der Waals surface area contributed by atoms with Crippen LogP contribution in [0.5, 0.6) is 0 Å². The van der Waals surface area contributed by atoms with E-state index in [2.05, 4.69) is 107 Å². The van der Waals surface area contributed by atoms with Crippen LogP contribution in [0.2, 0.25) is 0 Å². The molecule has 0 saturated carbocycles. The van der Waals surface area contributed by atoms with Gasteiger partial charge in [-0.05, 0) is 80.6 Å². The summed E-state index contributed by atoms with van der Waals surface area (Å²) in [6, 6.07) is 45.5. The summed E-state index contributed by atoms with van der Waals surface area (Å²) >= 11 is 0. The van der Waals surface area contributed by atoms with Crippen LogP contribution in [0.4, 0.5) is 0 Å². The van der Waals surface area contributed by atoms with Gasteiger partial charge in [0, 0.05) is 35.9 Å². The summed E-state index contributed by atoms with van der Waals surface area (Å²) in [5.74, 6) is 4.87. The maximum Gasteiger partial charge on any atom is 1.00 e. The monoisotopic (exact) mass is 1000 g/mol. The maximum atomic E-state index is 7.14. The van der Waals surface area contributed by atoms with E-state index in [1.165, 1.54) is 55.6 Å². The number of hydrogen-bond donors (Lipinski definition) is 0. The Kier molecular flexibility index (Phi) is 12.4. The standard InChI is InChI=1S/C16H12N2.2C15H9.2Au/c1-2-8-16(14-6-4-10-18-12-14)15(7-1)13-5-3-9-17-11-13;2*1-2-11-7-8-13-10-12-5-3-4-6-14(12)15(13)9-11;;/h1-12H;2*3-9H,10H2;;/q;2*-1;2*+1. The van der Waals surface area contributed by atoms with Gasteiger partial charge in [-0.3, -0.25) is 21.8 Å². The van der Waals surface area contributed by atoms with Gasteiger partial charge in [-0.1, -0.05) is 97.1 Å². The van der Waals surface area contributed by atoms with E-state index in [-0.39, 0.29) is 44.8 Å². The number of pyridine rings is 2. The van der Waals surface area contributed by atoms with Gasteiger partial charge in [0.1, 0.15) is 0 Å². The van der Waals surface area contributed by atoms with Crippen LogP contribution in [-0.4, -0.2) is 9.97 Å². The van der Waals surface area contributed by atoms with Gasteiger partial charge in [0.2, 0.25) is 0 Å². The van der Waals surface area contributed by atoms with E-state index >= 15 is 0 Å². The molecule has 0 saturated heterocycles. The van der Waals surface area contributed by atoms with Crippen molar-refractivity contribution >= 4 is 0 Å². The van der Waals surface area contributed by atoms with Gasteiger partial charge in [0.25, 0.3) is 0 Å². The molecule has 0 unspecified atom stereocenters. The van der Waals surface area contributed by atoms with E-state index in [1.54, 1.807) is 12.4 Å². The molecule has 9 rings (SSSR count). The van der Waals surface area contributed by atoms with E-state index < -0.39 is 0 Å². The van der Waals surface area contributed by atoms with Gasteiger partial charge in [0.05, 0.1) is 0 Å². The Morgan fingerprint density at radius 3 is 1.16 bits per heavy atom. The zero-order chi connectivity index (χ0) is 32.7. The molecule has 246 valence electrons. The predicted octanol–water partition coefficient (Wildman–Crippen LogP) is 10.2. The van der Waals surface area contributed by atoms with Crippen LogP contribution in [0.1, 0.15) is 33.4 Å². The van der Waals surface area contributed by atoms with Gasteiger partial charge in [0.15, 0.2) is 0 Å². The minimum atomic E-state index is 0. The molecular formula is C46H30Au2N2. The fraction of sp³-hybridized carbons (Fsp3) is 0.0435. The van der Waals surface area contributed by atoms with Crippen molar-refractivity contribution in [2.24, 2.45) is 0 Å². The Balaban J connectivity index is 0.000000144. The topological polar surface area (TPSA) is 25.8 Å². The molecule has 0 amide bonds. The Labute approximate surface area is 326 Å². The molecule has 2 aromatic heterocycles. The molecule has 50 heavy (non-hydrogen) atoms. The molecule has 2 heterocycles. The molecule has 5 aromatic carbocycles. The summed E-state index contributed by atoms with van der Waals surface area (Å²) < 4.78 is 0. The second-order valence-electron chi connectivity index (χ2n) is 11.7. The summed E-state index contributed by atoms with van der Waals surface area (Å²) in [6.07, 6.45) is 23.7. The Morgan fingerprint density at radius 1 is 0.400 bits per heavy atom. The summed E-state index contributed by atoms with van der Waals surface area (Å²) in [6.45, 7) is 0. The van der Waals surface area contributed by atoms with Crippen LogP contribution in [0.25, 0.3) is 44.5 Å². The second kappa shape index (κ2) is 17.1. The molecule has 0 radical (unpaired) electrons. The molecule has 0 bridgehead atoms. The smallest absolute Gasteiger partial charge is 0.366 e. The number of hydrogen-bond acceptors (Lipinski definition) is 2. The third kappa shape index (κ3) is 7.90. The third-order valence-corrected chi connectivity index (χ3v) is 8.76. The first kappa shape index (κ1) is 36.3. The molecule has 2 aliphatic carbocycles. The molecule has 0 spiro atoms. The number of benzene rings is 5. The molecule has 2 aliphatic rings. The summed E-state index contributed by atoms with van der Waals surface area (Å²) in [7, 11) is 0. The van der Waals surface area contributed by atoms with E-state index in [0.29, 0.717) is 0 Å². The molecular weight excluding hydrogens is 974 g/mol. The van der Waals surface area contributed by atoms with Crippen LogP contribution in [0.15, 0.2) is 158 Å². The quantitative estimate of drug-likeness (QED) is 0.0980. The molecule has 0 aliphatic heterocycles. The van der Waals surface area contributed by atoms with Gasteiger partial charge >= 0.3 is 44.8 Å². The number of rotatable bonds is 2. The second-order valence-corrected chi connectivity index (χ2v) is 11.7. The maximum absolute atomic E-state index is 7.14. The summed E-state index contributed by atoms with van der Waals surface area (Å²) in [5, 5.41) is 0. The van der Waals surface area contributed by atoms with Crippen molar-refractivity contribution in [1.82, 2.24) is 9.97 Å². The predicted molar refractivity (Wildman–Crippen MR) is 195 cm³/mol. The minimum absolute atomic E-state index is 0. The largest absolute Gasteiger partial charge is 1.00 e. The zero-order valence-corrected chi connectivity index (χ0v) is 31.3. The first-order valence-corrected chi connectivity index (χ1v) is 15.9. The molecule has 2 nitrogen and oxygen atoms in total. The molecule has 4 heteroatoms. The Bertz CT molecular complexity index is 2150. The first-order chi connectivity index (χ1) is 23.7. The van der Waals surface area contributed by atoms with Gasteiger partial charge in [-0.25, -0.2) is 0 Å². The van der Waals surface area contributed by atoms with E-state index in [4.69, 9.17) is 12.8 Å². The molecule has 0 fully saturated rings. The summed E-state index contributed by atoms with van der Waals surface area (Å²) in [4.78, 5) is 8.36. The van der Waals surface area contributed by atoms with Crippen molar-refractivity contribution in [3.63, 3.8) is 0 Å². The van der Waals surface area contributed by atoms with E-state index in [0.717, 1.165) is 35.1 Å². The molecule has 0 atom stereocenters. The average Bonchev–Trinajstić information content (AvgIpc) is 3.73. The van der Waals surface area contributed by atoms with Gasteiger partial charge < -0.3 is 12.8 Å². The van der Waals surface area contributed by atoms with Crippen LogP contribution < -0.4 is 0 Å². The van der Waals surface area contributed by atoms with Crippen LogP contribution >= 0.6 is 0 Å². The van der Waals surface area contributed by atoms with Crippen molar-refractivity contribution in [3.8, 4) is 56.3 Å². The van der Waals surface area contributed by atoms with Crippen molar-refractivity contribution in [2.45, 2.75) is 12.8 Å². The fourth-order valence-electron chi connectivity index (χ4n) is 6.43. The fourth-order valence-corrected chi connectivity index (χ4v) is 6.43. The van der Waals surface area contributed by atoms with Crippen LogP contribution in [0, 0.1) is 24.7 Å². The summed E-state index contributed by atoms with van der Waals surface area (Å²) in [5.41, 5.74) is 16.9. The normalized spacial score (nSPS) is 10.7. The third-order valence-electron chi connectivity index (χ3n) is 8.76. The van der Waals surface area contributed by atoms with Crippen LogP contribution in [-0.2, 0) is 57.6 Å². The minimum Gasteiger partial charge on any atom is -0.366 e. The number of fused-ring (bicyclic) bond motifs is 6. The van der Waals surface area contributed by atoms with Gasteiger partial charge in [-0.15, -0.1) is 35.4 Å². The Morgan fingerprint density at radius 2 is 0.780 bits per heavy atom. The SMILES string of the molecule is [Au+].[Au+].[C-]#Cc1ccc2c(c1)-c1ccccc1C2.[C-]#Cc1ccc2c(c1)-c1ccccc1C2.c1cncc(-c2ccccc2-c2cccnc2)c1. The van der Waals surface area contributed by atoms with Crippen molar-refractivity contribution < 1.29 is 44.8 Å². The van der Waals surface area contributed by atoms with Gasteiger partial charge in [-0.2, -0.15) is 0 Å². The Hall–Kier alpha value is -5.00. The van der Waals surface area contributed by atoms with E-state index in [9.17, 15) is 0 Å². The first-order valence-electron chi connectivity index (χ1n) is 15.9. The van der Waals surface area contributed by atoms with Crippen molar-refractivity contribution in [3.05, 3.63) is 204 Å². The van der Waals surface area contributed by atoms with Crippen molar-refractivity contribution in [1.29, 1.82) is 0 Å². The average molecular weight is 1000 g/mol.